The number of rotatable bonds is 10. The summed E-state index contributed by atoms with van der Waals surface area (Å²) >= 11 is 0. The molecule has 1 aliphatic rings. The molecule has 14 nitrogen and oxygen atoms in total. The highest BCUT2D eigenvalue weighted by molar-refractivity contribution is 7.70. The van der Waals surface area contributed by atoms with Crippen molar-refractivity contribution in [1.82, 2.24) is 19.6 Å². The predicted molar refractivity (Wildman–Crippen MR) is 142 cm³/mol. The van der Waals surface area contributed by atoms with E-state index in [4.69, 9.17) is 24.3 Å². The Kier molecular flexibility index (Phi) is 8.51. The van der Waals surface area contributed by atoms with E-state index in [2.05, 4.69) is 26.1 Å². The molecule has 0 amide bonds. The van der Waals surface area contributed by atoms with Crippen LogP contribution in [0, 0.1) is 16.7 Å². The second kappa shape index (κ2) is 11.7. The van der Waals surface area contributed by atoms with E-state index in [0.29, 0.717) is 5.69 Å². The second-order valence-electron chi connectivity index (χ2n) is 9.62. The van der Waals surface area contributed by atoms with Crippen molar-refractivity contribution in [2.24, 2.45) is 10.4 Å². The Labute approximate surface area is 230 Å². The van der Waals surface area contributed by atoms with E-state index in [1.54, 1.807) is 44.2 Å². The summed E-state index contributed by atoms with van der Waals surface area (Å²) in [5.74, 6) is 0.671. The van der Waals surface area contributed by atoms with Crippen LogP contribution in [-0.4, -0.2) is 67.6 Å². The van der Waals surface area contributed by atoms with Crippen molar-refractivity contribution in [2.75, 3.05) is 12.3 Å². The fraction of sp³-hybridized carbons (Fsp3) is 0.440. The zero-order valence-electron chi connectivity index (χ0n) is 22.3. The fourth-order valence-corrected chi connectivity index (χ4v) is 5.36. The lowest BCUT2D eigenvalue weighted by atomic mass is 9.80. The SMILES string of the molecule is CC(C)OC(=O)[C@H](C)N=C[P@](=O)(OC[C@H]1O[C@@H](c2cnc3c(N)ncnn23)[C@](C)(C#N)[C@@H]1O)Oc1ccccc1. The number of nitrogens with two attached hydrogens (primary N) is 1. The zero-order valence-corrected chi connectivity index (χ0v) is 23.2. The highest BCUT2D eigenvalue weighted by Crippen LogP contribution is 2.51. The lowest BCUT2D eigenvalue weighted by Crippen LogP contribution is -2.36. The molecule has 3 aromatic rings. The third-order valence-electron chi connectivity index (χ3n) is 6.21. The molecule has 15 heteroatoms. The molecular formula is C25H30N7O7P. The van der Waals surface area contributed by atoms with Gasteiger partial charge in [-0.2, -0.15) is 10.4 Å². The number of aromatic nitrogens is 4. The fourth-order valence-electron chi connectivity index (χ4n) is 4.06. The standard InChI is InChI=1S/C25H30N7O7P/c1-15(2)37-24(34)16(3)30-14-40(35,39-17-8-6-5-7-9-17)36-11-19-20(33)25(4,12-26)21(38-19)18-10-28-23-22(27)29-13-31-32(18)23/h5-10,13-16,19-21,33H,11H2,1-4H3,(H2,27,29,31)/t16-,19+,20+,21-,25+,40-/m0/s1. The molecule has 0 aliphatic carbocycles. The topological polar surface area (TPSA) is 197 Å². The molecule has 3 heterocycles. The van der Waals surface area contributed by atoms with E-state index in [1.165, 1.54) is 30.9 Å². The lowest BCUT2D eigenvalue weighted by molar-refractivity contribution is -0.148. The van der Waals surface area contributed by atoms with Gasteiger partial charge in [0.25, 0.3) is 0 Å². The van der Waals surface area contributed by atoms with Gasteiger partial charge in [-0.15, -0.1) is 0 Å². The van der Waals surface area contributed by atoms with Gasteiger partial charge in [-0.05, 0) is 39.8 Å². The number of nitriles is 1. The van der Waals surface area contributed by atoms with Crippen LogP contribution in [0.3, 0.4) is 0 Å². The monoisotopic (exact) mass is 571 g/mol. The lowest BCUT2D eigenvalue weighted by Gasteiger charge is -2.24. The number of hydrogen-bond donors (Lipinski definition) is 2. The number of carbonyl (C=O) groups is 1. The van der Waals surface area contributed by atoms with Gasteiger partial charge in [-0.3, -0.25) is 9.52 Å². The van der Waals surface area contributed by atoms with Gasteiger partial charge in [-0.25, -0.2) is 23.8 Å². The maximum Gasteiger partial charge on any atom is 0.421 e. The van der Waals surface area contributed by atoms with E-state index in [-0.39, 0.29) is 23.3 Å². The maximum atomic E-state index is 13.8. The van der Waals surface area contributed by atoms with E-state index >= 15 is 0 Å². The minimum atomic E-state index is -4.15. The van der Waals surface area contributed by atoms with E-state index in [9.17, 15) is 19.7 Å². The van der Waals surface area contributed by atoms with Crippen LogP contribution < -0.4 is 10.3 Å². The summed E-state index contributed by atoms with van der Waals surface area (Å²) < 4.78 is 37.7. The molecule has 0 spiro atoms. The normalized spacial score (nSPS) is 25.1. The summed E-state index contributed by atoms with van der Waals surface area (Å²) in [5, 5.41) is 25.3. The van der Waals surface area contributed by atoms with E-state index in [1.807, 2.05) is 0 Å². The zero-order chi connectivity index (χ0) is 29.1. The summed E-state index contributed by atoms with van der Waals surface area (Å²) in [4.78, 5) is 24.3. The van der Waals surface area contributed by atoms with Crippen LogP contribution >= 0.6 is 7.60 Å². The van der Waals surface area contributed by atoms with Crippen molar-refractivity contribution >= 4 is 31.0 Å². The number of aliphatic imine (C=N–C) groups is 1. The van der Waals surface area contributed by atoms with Crippen LogP contribution in [0.4, 0.5) is 5.82 Å². The molecule has 40 heavy (non-hydrogen) atoms. The Morgan fingerprint density at radius 1 is 1.35 bits per heavy atom. The van der Waals surface area contributed by atoms with Crippen LogP contribution in [0.1, 0.15) is 39.5 Å². The van der Waals surface area contributed by atoms with Gasteiger partial charge in [0.05, 0.1) is 30.7 Å². The average Bonchev–Trinajstić information content (AvgIpc) is 3.46. The molecular weight excluding hydrogens is 541 g/mol. The molecule has 2 aromatic heterocycles. The number of esters is 1. The molecule has 1 aromatic carbocycles. The van der Waals surface area contributed by atoms with Crippen molar-refractivity contribution in [3.8, 4) is 11.8 Å². The molecule has 4 rings (SSSR count). The first kappa shape index (κ1) is 29.1. The molecule has 3 N–H and O–H groups in total. The van der Waals surface area contributed by atoms with Gasteiger partial charge in [0.15, 0.2) is 11.5 Å². The number of imidazole rings is 1. The van der Waals surface area contributed by atoms with Gasteiger partial charge in [0.1, 0.15) is 47.8 Å². The van der Waals surface area contributed by atoms with Gasteiger partial charge in [-0.1, -0.05) is 18.2 Å². The van der Waals surface area contributed by atoms with E-state index in [0.717, 1.165) is 5.96 Å². The molecule has 0 bridgehead atoms. The van der Waals surface area contributed by atoms with Gasteiger partial charge >= 0.3 is 13.6 Å². The Balaban J connectivity index is 1.57. The second-order valence-corrected chi connectivity index (χ2v) is 11.4. The number of aliphatic hydroxyl groups is 1. The largest absolute Gasteiger partial charge is 0.461 e. The van der Waals surface area contributed by atoms with Crippen molar-refractivity contribution in [2.45, 2.75) is 58.2 Å². The summed E-state index contributed by atoms with van der Waals surface area (Å²) in [5.41, 5.74) is 5.04. The summed E-state index contributed by atoms with van der Waals surface area (Å²) in [6.07, 6.45) is -1.16. The van der Waals surface area contributed by atoms with Crippen molar-refractivity contribution in [1.29, 1.82) is 5.26 Å². The number of carbonyl (C=O) groups excluding carboxylic acids is 1. The minimum absolute atomic E-state index is 0.128. The number of benzene rings is 1. The van der Waals surface area contributed by atoms with Crippen LogP contribution in [0.25, 0.3) is 5.65 Å². The summed E-state index contributed by atoms with van der Waals surface area (Å²) in [6, 6.07) is 9.39. The first-order chi connectivity index (χ1) is 19.0. The number of fused-ring (bicyclic) bond motifs is 1. The summed E-state index contributed by atoms with van der Waals surface area (Å²) in [6.45, 7) is 5.96. The first-order valence-corrected chi connectivity index (χ1v) is 14.0. The Morgan fingerprint density at radius 2 is 2.08 bits per heavy atom. The molecule has 0 radical (unpaired) electrons. The Bertz CT molecular complexity index is 1480. The molecule has 212 valence electrons. The van der Waals surface area contributed by atoms with Crippen LogP contribution in [0.15, 0.2) is 47.8 Å². The quantitative estimate of drug-likeness (QED) is 0.205. The molecule has 0 unspecified atom stereocenters. The van der Waals surface area contributed by atoms with Crippen LogP contribution in [-0.2, 0) is 23.4 Å². The van der Waals surface area contributed by atoms with Crippen LogP contribution in [0.5, 0.6) is 5.75 Å². The van der Waals surface area contributed by atoms with Crippen molar-refractivity contribution in [3.63, 3.8) is 0 Å². The molecule has 1 fully saturated rings. The number of para-hydroxylation sites is 1. The molecule has 1 aliphatic heterocycles. The van der Waals surface area contributed by atoms with E-state index < -0.39 is 49.9 Å². The third-order valence-corrected chi connectivity index (χ3v) is 7.60. The molecule has 6 atom stereocenters. The van der Waals surface area contributed by atoms with Gasteiger partial charge < -0.3 is 24.8 Å². The number of ether oxygens (including phenoxy) is 2. The average molecular weight is 572 g/mol. The van der Waals surface area contributed by atoms with Gasteiger partial charge in [0, 0.05) is 0 Å². The van der Waals surface area contributed by atoms with Crippen molar-refractivity contribution < 1.29 is 33.0 Å². The number of nitrogen functional groups attached to an aromatic ring is 1. The highest BCUT2D eigenvalue weighted by Gasteiger charge is 2.56. The Morgan fingerprint density at radius 3 is 2.75 bits per heavy atom. The highest BCUT2D eigenvalue weighted by atomic mass is 31.2. The number of hydrogen-bond acceptors (Lipinski definition) is 13. The smallest absolute Gasteiger partial charge is 0.421 e. The number of anilines is 1. The first-order valence-electron chi connectivity index (χ1n) is 12.4. The molecule has 1 saturated heterocycles. The summed E-state index contributed by atoms with van der Waals surface area (Å²) in [7, 11) is -4.15. The van der Waals surface area contributed by atoms with Crippen molar-refractivity contribution in [3.05, 3.63) is 48.5 Å². The third kappa shape index (κ3) is 5.97. The Hall–Kier alpha value is -3.89. The number of aliphatic hydroxyl groups excluding tert-OH is 1. The van der Waals surface area contributed by atoms with Crippen LogP contribution in [0.2, 0.25) is 0 Å². The number of nitrogens with zero attached hydrogens (tertiary/aromatic N) is 6. The minimum Gasteiger partial charge on any atom is -0.461 e. The molecule has 0 saturated carbocycles. The predicted octanol–water partition coefficient (Wildman–Crippen LogP) is 2.69. The maximum absolute atomic E-state index is 13.8. The van der Waals surface area contributed by atoms with Gasteiger partial charge in [0.2, 0.25) is 0 Å².